The van der Waals surface area contributed by atoms with Crippen molar-refractivity contribution in [1.82, 2.24) is 9.97 Å². The molecule has 0 spiro atoms. The Morgan fingerprint density at radius 1 is 1.00 bits per heavy atom. The summed E-state index contributed by atoms with van der Waals surface area (Å²) in [5, 5.41) is 1.81. The van der Waals surface area contributed by atoms with Gasteiger partial charge in [0.15, 0.2) is 11.5 Å². The molecule has 2 aliphatic heterocycles. The fourth-order valence-corrected chi connectivity index (χ4v) is 4.93. The smallest absolute Gasteiger partial charge is 0.339 e. The Labute approximate surface area is 178 Å². The normalized spacial score (nSPS) is 15.8. The van der Waals surface area contributed by atoms with Gasteiger partial charge in [0.05, 0.1) is 19.8 Å². The fourth-order valence-electron chi connectivity index (χ4n) is 4.03. The molecule has 0 amide bonds. The number of ether oxygens (including phenoxy) is 3. The number of carbonyl (C=O) groups excluding carboxylic acids is 1. The largest absolute Gasteiger partial charge is 0.493 e. The van der Waals surface area contributed by atoms with E-state index in [0.717, 1.165) is 58.0 Å². The zero-order chi connectivity index (χ0) is 20.7. The van der Waals surface area contributed by atoms with E-state index in [2.05, 4.69) is 14.9 Å². The van der Waals surface area contributed by atoms with E-state index in [1.54, 1.807) is 26.6 Å². The van der Waals surface area contributed by atoms with Crippen molar-refractivity contribution in [2.75, 3.05) is 43.7 Å². The molecule has 2 aliphatic rings. The number of methoxy groups -OCH3 is 2. The molecule has 3 heterocycles. The van der Waals surface area contributed by atoms with E-state index in [1.165, 1.54) is 0 Å². The number of rotatable bonds is 4. The first-order valence-electron chi connectivity index (χ1n) is 9.73. The fraction of sp³-hybridized carbons (Fsp3) is 0.318. The highest BCUT2D eigenvalue weighted by molar-refractivity contribution is 7.99. The lowest BCUT2D eigenvalue weighted by molar-refractivity contribution is 0.0535. The number of benzene rings is 2. The van der Waals surface area contributed by atoms with E-state index in [0.29, 0.717) is 17.1 Å². The zero-order valence-electron chi connectivity index (χ0n) is 16.8. The van der Waals surface area contributed by atoms with Crippen molar-refractivity contribution in [1.29, 1.82) is 0 Å². The van der Waals surface area contributed by atoms with E-state index in [1.807, 2.05) is 30.0 Å². The molecule has 5 rings (SSSR count). The molecular weight excluding hydrogens is 402 g/mol. The van der Waals surface area contributed by atoms with Gasteiger partial charge < -0.3 is 19.1 Å². The molecule has 1 saturated heterocycles. The lowest BCUT2D eigenvalue weighted by Gasteiger charge is -2.26. The molecule has 0 saturated carbocycles. The summed E-state index contributed by atoms with van der Waals surface area (Å²) in [6, 6.07) is 5.79. The van der Waals surface area contributed by atoms with Crippen LogP contribution in [0.3, 0.4) is 0 Å². The minimum atomic E-state index is -0.325. The van der Waals surface area contributed by atoms with Crippen LogP contribution < -0.4 is 14.4 Å². The molecule has 154 valence electrons. The first kappa shape index (κ1) is 19.0. The molecule has 0 N–H and O–H groups in total. The van der Waals surface area contributed by atoms with Gasteiger partial charge in [0.2, 0.25) is 5.95 Å². The average Bonchev–Trinajstić information content (AvgIpc) is 3.17. The van der Waals surface area contributed by atoms with E-state index in [9.17, 15) is 4.79 Å². The molecule has 0 aliphatic carbocycles. The molecule has 3 aromatic rings. The van der Waals surface area contributed by atoms with Gasteiger partial charge in [-0.3, -0.25) is 0 Å². The van der Waals surface area contributed by atoms with Crippen LogP contribution in [0.5, 0.6) is 11.5 Å². The Hall–Kier alpha value is -3.00. The van der Waals surface area contributed by atoms with E-state index < -0.39 is 0 Å². The van der Waals surface area contributed by atoms with Crippen LogP contribution >= 0.6 is 11.8 Å². The van der Waals surface area contributed by atoms with Crippen LogP contribution in [-0.4, -0.2) is 54.8 Å². The van der Waals surface area contributed by atoms with Crippen LogP contribution in [0.15, 0.2) is 30.6 Å². The Morgan fingerprint density at radius 2 is 1.70 bits per heavy atom. The molecule has 0 bridgehead atoms. The van der Waals surface area contributed by atoms with Gasteiger partial charge in [-0.15, -0.1) is 0 Å². The summed E-state index contributed by atoms with van der Waals surface area (Å²) < 4.78 is 16.3. The minimum absolute atomic E-state index is 0.260. The van der Waals surface area contributed by atoms with Crippen molar-refractivity contribution < 1.29 is 19.0 Å². The van der Waals surface area contributed by atoms with Crippen molar-refractivity contribution >= 4 is 34.5 Å². The number of aromatic nitrogens is 2. The van der Waals surface area contributed by atoms with E-state index in [4.69, 9.17) is 14.2 Å². The maximum Gasteiger partial charge on any atom is 0.339 e. The summed E-state index contributed by atoms with van der Waals surface area (Å²) in [6.07, 6.45) is 3.59. The standard InChI is InChI=1S/C22H21N3O4S/c1-27-17-8-13-7-14-12-29-21(26)20(14)19(16(13)9-18(17)28-2)15-10-23-22(24-11-15)25-3-5-30-6-4-25/h7-11H,3-6,12H2,1-2H3. The zero-order valence-corrected chi connectivity index (χ0v) is 17.6. The van der Waals surface area contributed by atoms with Gasteiger partial charge in [0.25, 0.3) is 0 Å². The van der Waals surface area contributed by atoms with Crippen molar-refractivity contribution in [3.05, 3.63) is 41.7 Å². The number of carbonyl (C=O) groups is 1. The quantitative estimate of drug-likeness (QED) is 0.590. The van der Waals surface area contributed by atoms with Crippen molar-refractivity contribution in [3.8, 4) is 22.6 Å². The number of anilines is 1. The summed E-state index contributed by atoms with van der Waals surface area (Å²) >= 11 is 1.94. The SMILES string of the molecule is COc1cc2cc3c(c(-c4cnc(N5CCSCC5)nc4)c2cc1OC)C(=O)OC3. The number of nitrogens with zero attached hydrogens (tertiary/aromatic N) is 3. The first-order chi connectivity index (χ1) is 14.7. The van der Waals surface area contributed by atoms with E-state index in [-0.39, 0.29) is 12.6 Å². The molecular formula is C22H21N3O4S. The highest BCUT2D eigenvalue weighted by atomic mass is 32.2. The topological polar surface area (TPSA) is 73.8 Å². The van der Waals surface area contributed by atoms with E-state index >= 15 is 0 Å². The summed E-state index contributed by atoms with van der Waals surface area (Å²) in [7, 11) is 3.20. The van der Waals surface area contributed by atoms with Crippen molar-refractivity contribution in [3.63, 3.8) is 0 Å². The van der Waals surface area contributed by atoms with Crippen LogP contribution in [0.4, 0.5) is 5.95 Å². The monoisotopic (exact) mass is 423 g/mol. The van der Waals surface area contributed by atoms with Crippen LogP contribution in [0.2, 0.25) is 0 Å². The summed E-state index contributed by atoms with van der Waals surface area (Å²) in [5.74, 6) is 3.79. The van der Waals surface area contributed by atoms with Crippen LogP contribution in [0.25, 0.3) is 21.9 Å². The third kappa shape index (κ3) is 3.11. The number of cyclic esters (lactones) is 1. The van der Waals surface area contributed by atoms with Gasteiger partial charge >= 0.3 is 5.97 Å². The number of esters is 1. The second kappa shape index (κ2) is 7.68. The number of fused-ring (bicyclic) bond motifs is 2. The molecule has 0 atom stereocenters. The first-order valence-corrected chi connectivity index (χ1v) is 10.9. The highest BCUT2D eigenvalue weighted by Gasteiger charge is 2.29. The predicted molar refractivity (Wildman–Crippen MR) is 117 cm³/mol. The molecule has 0 radical (unpaired) electrons. The lowest BCUT2D eigenvalue weighted by atomic mass is 9.91. The van der Waals surface area contributed by atoms with Gasteiger partial charge in [-0.2, -0.15) is 11.8 Å². The van der Waals surface area contributed by atoms with Crippen molar-refractivity contribution in [2.24, 2.45) is 0 Å². The predicted octanol–water partition coefficient (Wildman–Crippen LogP) is 3.54. The van der Waals surface area contributed by atoms with Crippen LogP contribution in [0, 0.1) is 0 Å². The summed E-state index contributed by atoms with van der Waals surface area (Å²) in [6.45, 7) is 2.14. The molecule has 30 heavy (non-hydrogen) atoms. The van der Waals surface area contributed by atoms with Gasteiger partial charge in [-0.25, -0.2) is 14.8 Å². The lowest BCUT2D eigenvalue weighted by Crippen LogP contribution is -2.33. The van der Waals surface area contributed by atoms with Crippen LogP contribution in [-0.2, 0) is 11.3 Å². The maximum absolute atomic E-state index is 12.6. The maximum atomic E-state index is 12.6. The average molecular weight is 423 g/mol. The number of hydrogen-bond acceptors (Lipinski definition) is 8. The Bertz CT molecular complexity index is 1130. The Kier molecular flexibility index (Phi) is 4.86. The van der Waals surface area contributed by atoms with Crippen molar-refractivity contribution in [2.45, 2.75) is 6.61 Å². The second-order valence-corrected chi connectivity index (χ2v) is 8.39. The summed E-state index contributed by atoms with van der Waals surface area (Å²) in [4.78, 5) is 24.0. The highest BCUT2D eigenvalue weighted by Crippen LogP contribution is 2.42. The number of thioether (sulfide) groups is 1. The Morgan fingerprint density at radius 3 is 2.40 bits per heavy atom. The summed E-state index contributed by atoms with van der Waals surface area (Å²) in [5.41, 5.74) is 2.97. The third-order valence-electron chi connectivity index (χ3n) is 5.51. The van der Waals surface area contributed by atoms with Crippen LogP contribution in [0.1, 0.15) is 15.9 Å². The van der Waals surface area contributed by atoms with Gasteiger partial charge in [0, 0.05) is 53.7 Å². The Balaban J connectivity index is 1.69. The molecule has 2 aromatic carbocycles. The minimum Gasteiger partial charge on any atom is -0.493 e. The molecule has 0 unspecified atom stereocenters. The van der Waals surface area contributed by atoms with Gasteiger partial charge in [-0.1, -0.05) is 0 Å². The van der Waals surface area contributed by atoms with Gasteiger partial charge in [0.1, 0.15) is 6.61 Å². The molecule has 1 fully saturated rings. The number of hydrogen-bond donors (Lipinski definition) is 0. The third-order valence-corrected chi connectivity index (χ3v) is 6.45. The molecule has 7 nitrogen and oxygen atoms in total. The second-order valence-electron chi connectivity index (χ2n) is 7.16. The molecule has 8 heteroatoms. The van der Waals surface area contributed by atoms with Gasteiger partial charge in [-0.05, 0) is 29.0 Å². The molecule has 1 aromatic heterocycles.